The van der Waals surface area contributed by atoms with E-state index in [9.17, 15) is 9.59 Å². The number of likely N-dealkylation sites (N-methyl/N-ethyl adjacent to an activating group) is 1. The van der Waals surface area contributed by atoms with Crippen molar-refractivity contribution in [1.29, 1.82) is 0 Å². The van der Waals surface area contributed by atoms with Crippen molar-refractivity contribution in [1.82, 2.24) is 10.2 Å². The van der Waals surface area contributed by atoms with Gasteiger partial charge in [0.25, 0.3) is 5.91 Å². The highest BCUT2D eigenvalue weighted by molar-refractivity contribution is 6.30. The quantitative estimate of drug-likeness (QED) is 0.841. The lowest BCUT2D eigenvalue weighted by Gasteiger charge is -2.38. The van der Waals surface area contributed by atoms with Gasteiger partial charge in [0.05, 0.1) is 12.6 Å². The number of nitrogens with zero attached hydrogens (tertiary/aromatic N) is 1. The number of aliphatic hydroxyl groups is 1. The molecule has 21 heavy (non-hydrogen) atoms. The smallest absolute Gasteiger partial charge is 0.251 e. The lowest BCUT2D eigenvalue weighted by atomic mass is 9.97. The van der Waals surface area contributed by atoms with Gasteiger partial charge < -0.3 is 20.1 Å². The van der Waals surface area contributed by atoms with Crippen LogP contribution >= 0.6 is 11.6 Å². The lowest BCUT2D eigenvalue weighted by Crippen LogP contribution is -2.53. The molecule has 0 radical (unpaired) electrons. The number of hydrogen-bond acceptors (Lipinski definition) is 4. The number of aliphatic hydroxyl groups excluding tert-OH is 1. The van der Waals surface area contributed by atoms with Crippen molar-refractivity contribution < 1.29 is 19.4 Å². The Morgan fingerprint density at radius 2 is 2.14 bits per heavy atom. The van der Waals surface area contributed by atoms with Crippen LogP contribution in [0.4, 0.5) is 0 Å². The molecule has 0 unspecified atom stereocenters. The molecule has 0 spiro atoms. The Balaban J connectivity index is 2.26. The van der Waals surface area contributed by atoms with Gasteiger partial charge in [-0.2, -0.15) is 0 Å². The Kier molecular flexibility index (Phi) is 5.17. The summed E-state index contributed by atoms with van der Waals surface area (Å²) in [4.78, 5) is 25.5. The molecule has 114 valence electrons. The zero-order valence-electron chi connectivity index (χ0n) is 11.6. The van der Waals surface area contributed by atoms with Crippen molar-refractivity contribution in [3.63, 3.8) is 0 Å². The molecule has 0 bridgehead atoms. The number of carbonyl (C=O) groups excluding carboxylic acids is 2. The fraction of sp³-hybridized carbons (Fsp3) is 0.429. The van der Waals surface area contributed by atoms with E-state index in [4.69, 9.17) is 21.4 Å². The van der Waals surface area contributed by atoms with Crippen LogP contribution in [0, 0.1) is 0 Å². The molecule has 2 amide bonds. The highest BCUT2D eigenvalue weighted by atomic mass is 35.5. The molecule has 1 aliphatic heterocycles. The highest BCUT2D eigenvalue weighted by Crippen LogP contribution is 2.29. The Morgan fingerprint density at radius 3 is 2.76 bits per heavy atom. The molecule has 0 aliphatic carbocycles. The maximum atomic E-state index is 12.1. The van der Waals surface area contributed by atoms with Crippen LogP contribution in [0.2, 0.25) is 5.02 Å². The molecule has 2 rings (SSSR count). The third kappa shape index (κ3) is 3.53. The molecule has 1 aliphatic rings. The minimum atomic E-state index is -0.819. The molecular weight excluding hydrogens is 296 g/mol. The van der Waals surface area contributed by atoms with Gasteiger partial charge in [0.1, 0.15) is 6.61 Å². The minimum absolute atomic E-state index is 0.141. The zero-order chi connectivity index (χ0) is 15.4. The van der Waals surface area contributed by atoms with Crippen LogP contribution in [-0.2, 0) is 14.3 Å². The van der Waals surface area contributed by atoms with Gasteiger partial charge in [0.15, 0.2) is 6.10 Å². The van der Waals surface area contributed by atoms with Crippen molar-refractivity contribution in [2.75, 3.05) is 26.8 Å². The molecule has 2 N–H and O–H groups in total. The van der Waals surface area contributed by atoms with Crippen LogP contribution in [0.5, 0.6) is 0 Å². The Hall–Kier alpha value is -1.63. The van der Waals surface area contributed by atoms with E-state index in [1.165, 1.54) is 4.90 Å². The fourth-order valence-electron chi connectivity index (χ4n) is 2.27. The van der Waals surface area contributed by atoms with Gasteiger partial charge in [0.2, 0.25) is 5.91 Å². The molecule has 1 fully saturated rings. The van der Waals surface area contributed by atoms with E-state index in [1.807, 2.05) is 0 Å². The molecule has 2 atom stereocenters. The molecule has 6 nitrogen and oxygen atoms in total. The van der Waals surface area contributed by atoms with Crippen LogP contribution in [-0.4, -0.2) is 54.7 Å². The molecule has 1 heterocycles. The number of carbonyl (C=O) groups is 2. The zero-order valence-corrected chi connectivity index (χ0v) is 12.3. The van der Waals surface area contributed by atoms with Gasteiger partial charge in [-0.05, 0) is 17.7 Å². The SMILES string of the molecule is CN1C(=O)CO[C@H](C(=O)NCCO)[C@@H]1c1ccc(Cl)cc1. The monoisotopic (exact) mass is 312 g/mol. The number of halogens is 1. The van der Waals surface area contributed by atoms with Crippen LogP contribution < -0.4 is 5.32 Å². The van der Waals surface area contributed by atoms with Gasteiger partial charge in [-0.3, -0.25) is 9.59 Å². The van der Waals surface area contributed by atoms with Gasteiger partial charge in [0, 0.05) is 18.6 Å². The third-order valence-corrected chi connectivity index (χ3v) is 3.62. The van der Waals surface area contributed by atoms with Crippen LogP contribution in [0.1, 0.15) is 11.6 Å². The Labute approximate surface area is 127 Å². The maximum Gasteiger partial charge on any atom is 0.251 e. The second-order valence-electron chi connectivity index (χ2n) is 4.75. The Bertz CT molecular complexity index is 520. The van der Waals surface area contributed by atoms with E-state index < -0.39 is 12.1 Å². The summed E-state index contributed by atoms with van der Waals surface area (Å²) < 4.78 is 5.40. The Morgan fingerprint density at radius 1 is 1.48 bits per heavy atom. The van der Waals surface area contributed by atoms with E-state index in [0.29, 0.717) is 5.02 Å². The molecule has 1 aromatic rings. The van der Waals surface area contributed by atoms with E-state index >= 15 is 0 Å². The molecule has 1 aromatic carbocycles. The average molecular weight is 313 g/mol. The standard InChI is InChI=1S/C14H17ClN2O4/c1-17-11(19)8-21-13(14(20)16-6-7-18)12(17)9-2-4-10(15)5-3-9/h2-5,12-13,18H,6-8H2,1H3,(H,16,20)/t12-,13-/m0/s1. The van der Waals surface area contributed by atoms with E-state index in [2.05, 4.69) is 5.32 Å². The van der Waals surface area contributed by atoms with Gasteiger partial charge >= 0.3 is 0 Å². The molecule has 0 aromatic heterocycles. The summed E-state index contributed by atoms with van der Waals surface area (Å²) in [7, 11) is 1.64. The number of ether oxygens (including phenoxy) is 1. The van der Waals surface area contributed by atoms with Gasteiger partial charge in [-0.1, -0.05) is 23.7 Å². The van der Waals surface area contributed by atoms with Crippen molar-refractivity contribution >= 4 is 23.4 Å². The highest BCUT2D eigenvalue weighted by Gasteiger charge is 2.39. The van der Waals surface area contributed by atoms with E-state index in [1.54, 1.807) is 31.3 Å². The topological polar surface area (TPSA) is 78.9 Å². The third-order valence-electron chi connectivity index (χ3n) is 3.36. The van der Waals surface area contributed by atoms with Crippen molar-refractivity contribution in [2.24, 2.45) is 0 Å². The molecular formula is C14H17ClN2O4. The van der Waals surface area contributed by atoms with E-state index in [-0.39, 0.29) is 31.6 Å². The second kappa shape index (κ2) is 6.89. The number of rotatable bonds is 4. The normalized spacial score (nSPS) is 22.2. The van der Waals surface area contributed by atoms with Crippen molar-refractivity contribution in [2.45, 2.75) is 12.1 Å². The lowest BCUT2D eigenvalue weighted by molar-refractivity contribution is -0.162. The summed E-state index contributed by atoms with van der Waals surface area (Å²) >= 11 is 5.86. The van der Waals surface area contributed by atoms with Gasteiger partial charge in [-0.15, -0.1) is 0 Å². The van der Waals surface area contributed by atoms with Crippen LogP contribution in [0.15, 0.2) is 24.3 Å². The number of hydrogen-bond donors (Lipinski definition) is 2. The van der Waals surface area contributed by atoms with Gasteiger partial charge in [-0.25, -0.2) is 0 Å². The molecule has 7 heteroatoms. The first-order chi connectivity index (χ1) is 10.0. The summed E-state index contributed by atoms with van der Waals surface area (Å²) in [6, 6.07) is 6.40. The summed E-state index contributed by atoms with van der Waals surface area (Å²) in [5.74, 6) is -0.551. The average Bonchev–Trinajstić information content (AvgIpc) is 2.48. The maximum absolute atomic E-state index is 12.1. The van der Waals surface area contributed by atoms with E-state index in [0.717, 1.165) is 5.56 Å². The first-order valence-electron chi connectivity index (χ1n) is 6.56. The fourth-order valence-corrected chi connectivity index (χ4v) is 2.40. The first-order valence-corrected chi connectivity index (χ1v) is 6.93. The first kappa shape index (κ1) is 15.8. The summed E-state index contributed by atoms with van der Waals surface area (Å²) in [6.07, 6.45) is -0.819. The summed E-state index contributed by atoms with van der Waals surface area (Å²) in [6.45, 7) is -0.152. The number of nitrogens with one attached hydrogen (secondary N) is 1. The number of morpholine rings is 1. The summed E-state index contributed by atoms with van der Waals surface area (Å²) in [5, 5.41) is 11.9. The minimum Gasteiger partial charge on any atom is -0.395 e. The number of amides is 2. The van der Waals surface area contributed by atoms with Crippen molar-refractivity contribution in [3.05, 3.63) is 34.9 Å². The largest absolute Gasteiger partial charge is 0.395 e. The second-order valence-corrected chi connectivity index (χ2v) is 5.18. The predicted octanol–water partition coefficient (Wildman–Crippen LogP) is 0.347. The number of benzene rings is 1. The van der Waals surface area contributed by atoms with Crippen molar-refractivity contribution in [3.8, 4) is 0 Å². The van der Waals surface area contributed by atoms with Crippen LogP contribution in [0.25, 0.3) is 0 Å². The van der Waals surface area contributed by atoms with Crippen LogP contribution in [0.3, 0.4) is 0 Å². The summed E-state index contributed by atoms with van der Waals surface area (Å²) in [5.41, 5.74) is 0.763. The molecule has 0 saturated carbocycles. The molecule has 1 saturated heterocycles. The predicted molar refractivity (Wildman–Crippen MR) is 76.8 cm³/mol.